The summed E-state index contributed by atoms with van der Waals surface area (Å²) in [4.78, 5) is 2.44. The average Bonchev–Trinajstić information content (AvgIpc) is 2.16. The van der Waals surface area contributed by atoms with Crippen molar-refractivity contribution in [1.82, 2.24) is 4.90 Å². The summed E-state index contributed by atoms with van der Waals surface area (Å²) in [7, 11) is 2.23. The van der Waals surface area contributed by atoms with Gasteiger partial charge in [-0.3, -0.25) is 0 Å². The summed E-state index contributed by atoms with van der Waals surface area (Å²) >= 11 is 0. The van der Waals surface area contributed by atoms with Gasteiger partial charge < -0.3 is 4.90 Å². The molecule has 0 aromatic carbocycles. The number of hydrogen-bond donors (Lipinski definition) is 0. The zero-order chi connectivity index (χ0) is 10.6. The predicted molar refractivity (Wildman–Crippen MR) is 63.4 cm³/mol. The topological polar surface area (TPSA) is 3.24 Å². The molecule has 1 fully saturated rings. The summed E-state index contributed by atoms with van der Waals surface area (Å²) in [5.74, 6) is 1.63. The number of allylic oxidation sites excluding steroid dienone is 1. The summed E-state index contributed by atoms with van der Waals surface area (Å²) in [6.07, 6.45) is 5.39. The fraction of sp³-hybridized carbons (Fsp3) is 0.846. The third kappa shape index (κ3) is 3.83. The summed E-state index contributed by atoms with van der Waals surface area (Å²) in [5.41, 5.74) is 1.43. The highest BCUT2D eigenvalue weighted by Crippen LogP contribution is 2.24. The van der Waals surface area contributed by atoms with E-state index in [2.05, 4.69) is 32.4 Å². The van der Waals surface area contributed by atoms with Gasteiger partial charge in [-0.15, -0.1) is 0 Å². The Morgan fingerprint density at radius 2 is 1.93 bits per heavy atom. The highest BCUT2D eigenvalue weighted by Gasteiger charge is 2.16. The van der Waals surface area contributed by atoms with Gasteiger partial charge in [0.05, 0.1) is 0 Å². The molecule has 0 radical (unpaired) electrons. The smallest absolute Gasteiger partial charge is 0.00191 e. The van der Waals surface area contributed by atoms with E-state index in [1.807, 2.05) is 0 Å². The molecule has 0 aromatic rings. The van der Waals surface area contributed by atoms with Crippen molar-refractivity contribution >= 4 is 0 Å². The Bertz CT molecular complexity index is 176. The molecule has 14 heavy (non-hydrogen) atoms. The lowest BCUT2D eigenvalue weighted by molar-refractivity contribution is 0.212. The van der Waals surface area contributed by atoms with Crippen LogP contribution in [0.3, 0.4) is 0 Å². The fourth-order valence-corrected chi connectivity index (χ4v) is 2.03. The van der Waals surface area contributed by atoms with E-state index >= 15 is 0 Å². The van der Waals surface area contributed by atoms with Crippen LogP contribution in [0.25, 0.3) is 0 Å². The lowest BCUT2D eigenvalue weighted by Crippen LogP contribution is -2.30. The molecule has 1 nitrogen and oxygen atoms in total. The van der Waals surface area contributed by atoms with E-state index in [0.29, 0.717) is 5.92 Å². The van der Waals surface area contributed by atoms with Crippen LogP contribution in [-0.4, -0.2) is 25.0 Å². The number of rotatable bonds is 4. The summed E-state index contributed by atoms with van der Waals surface area (Å²) in [6, 6.07) is 0. The van der Waals surface area contributed by atoms with E-state index in [4.69, 9.17) is 0 Å². The van der Waals surface area contributed by atoms with Crippen molar-refractivity contribution < 1.29 is 0 Å². The van der Waals surface area contributed by atoms with Crippen molar-refractivity contribution in [2.75, 3.05) is 20.1 Å². The van der Waals surface area contributed by atoms with Gasteiger partial charge in [-0.25, -0.2) is 0 Å². The predicted octanol–water partition coefficient (Wildman–Crippen LogP) is 3.32. The quantitative estimate of drug-likeness (QED) is 0.622. The molecule has 82 valence electrons. The third-order valence-corrected chi connectivity index (χ3v) is 3.53. The van der Waals surface area contributed by atoms with Gasteiger partial charge in [0.15, 0.2) is 0 Å². The number of nitrogens with zero attached hydrogens (tertiary/aromatic N) is 1. The second-order valence-corrected chi connectivity index (χ2v) is 5.10. The van der Waals surface area contributed by atoms with Crippen LogP contribution in [0, 0.1) is 11.8 Å². The van der Waals surface area contributed by atoms with Crippen LogP contribution in [-0.2, 0) is 0 Å². The van der Waals surface area contributed by atoms with Gasteiger partial charge in [-0.05, 0) is 57.7 Å². The van der Waals surface area contributed by atoms with Crippen LogP contribution in [0.1, 0.15) is 39.5 Å². The minimum Gasteiger partial charge on any atom is -0.306 e. The molecule has 0 amide bonds. The van der Waals surface area contributed by atoms with Crippen LogP contribution in [0.15, 0.2) is 12.2 Å². The summed E-state index contributed by atoms with van der Waals surface area (Å²) in [5, 5.41) is 0. The van der Waals surface area contributed by atoms with E-state index in [1.54, 1.807) is 0 Å². The van der Waals surface area contributed by atoms with Gasteiger partial charge in [-0.1, -0.05) is 26.0 Å². The molecule has 0 spiro atoms. The molecule has 1 heteroatoms. The first-order valence-electron chi connectivity index (χ1n) is 5.95. The molecule has 1 aliphatic heterocycles. The standard InChI is InChI=1S/C13H25N/c1-11(2)12(3)5-6-13-7-9-14(4)10-8-13/h11,13H,3,5-10H2,1-2,4H3. The van der Waals surface area contributed by atoms with Crippen LogP contribution >= 0.6 is 0 Å². The molecule has 1 rings (SSSR count). The molecular weight excluding hydrogens is 170 g/mol. The Morgan fingerprint density at radius 1 is 1.36 bits per heavy atom. The highest BCUT2D eigenvalue weighted by atomic mass is 15.1. The van der Waals surface area contributed by atoms with Crippen LogP contribution in [0.5, 0.6) is 0 Å². The van der Waals surface area contributed by atoms with E-state index < -0.39 is 0 Å². The van der Waals surface area contributed by atoms with E-state index in [1.165, 1.54) is 44.3 Å². The molecule has 1 heterocycles. The molecular formula is C13H25N. The maximum absolute atomic E-state index is 4.14. The highest BCUT2D eigenvalue weighted by molar-refractivity contribution is 4.97. The Morgan fingerprint density at radius 3 is 2.43 bits per heavy atom. The van der Waals surface area contributed by atoms with Crippen molar-refractivity contribution in [1.29, 1.82) is 0 Å². The molecule has 0 unspecified atom stereocenters. The summed E-state index contributed by atoms with van der Waals surface area (Å²) < 4.78 is 0. The molecule has 0 N–H and O–H groups in total. The molecule has 0 saturated carbocycles. The third-order valence-electron chi connectivity index (χ3n) is 3.53. The average molecular weight is 195 g/mol. The normalized spacial score (nSPS) is 20.3. The summed E-state index contributed by atoms with van der Waals surface area (Å²) in [6.45, 7) is 11.2. The molecule has 0 aliphatic carbocycles. The molecule has 0 atom stereocenters. The van der Waals surface area contributed by atoms with Gasteiger partial charge in [-0.2, -0.15) is 0 Å². The molecule has 1 saturated heterocycles. The van der Waals surface area contributed by atoms with Gasteiger partial charge in [0.2, 0.25) is 0 Å². The van der Waals surface area contributed by atoms with Crippen LogP contribution in [0.2, 0.25) is 0 Å². The van der Waals surface area contributed by atoms with Crippen molar-refractivity contribution in [2.24, 2.45) is 11.8 Å². The van der Waals surface area contributed by atoms with E-state index in [-0.39, 0.29) is 0 Å². The lowest BCUT2D eigenvalue weighted by Gasteiger charge is -2.29. The van der Waals surface area contributed by atoms with Gasteiger partial charge in [0, 0.05) is 0 Å². The Balaban J connectivity index is 2.16. The van der Waals surface area contributed by atoms with E-state index in [9.17, 15) is 0 Å². The first kappa shape index (κ1) is 11.8. The largest absolute Gasteiger partial charge is 0.306 e. The number of hydrogen-bond acceptors (Lipinski definition) is 1. The molecule has 0 aromatic heterocycles. The second kappa shape index (κ2) is 5.55. The first-order chi connectivity index (χ1) is 6.59. The van der Waals surface area contributed by atoms with Crippen molar-refractivity contribution in [2.45, 2.75) is 39.5 Å². The molecule has 1 aliphatic rings. The van der Waals surface area contributed by atoms with Gasteiger partial charge in [0.1, 0.15) is 0 Å². The Hall–Kier alpha value is -0.300. The fourth-order valence-electron chi connectivity index (χ4n) is 2.03. The van der Waals surface area contributed by atoms with Gasteiger partial charge >= 0.3 is 0 Å². The van der Waals surface area contributed by atoms with Crippen molar-refractivity contribution in [3.8, 4) is 0 Å². The Kier molecular flexibility index (Phi) is 4.67. The minimum absolute atomic E-state index is 0.668. The number of piperidine rings is 1. The van der Waals surface area contributed by atoms with Crippen LogP contribution < -0.4 is 0 Å². The lowest BCUT2D eigenvalue weighted by atomic mass is 9.89. The zero-order valence-corrected chi connectivity index (χ0v) is 10.1. The van der Waals surface area contributed by atoms with E-state index in [0.717, 1.165) is 5.92 Å². The maximum Gasteiger partial charge on any atom is -0.00191 e. The van der Waals surface area contributed by atoms with Crippen molar-refractivity contribution in [3.05, 3.63) is 12.2 Å². The van der Waals surface area contributed by atoms with Crippen molar-refractivity contribution in [3.63, 3.8) is 0 Å². The van der Waals surface area contributed by atoms with Gasteiger partial charge in [0.25, 0.3) is 0 Å². The molecule has 0 bridgehead atoms. The maximum atomic E-state index is 4.14. The number of likely N-dealkylation sites (tertiary alicyclic amines) is 1. The minimum atomic E-state index is 0.668. The SMILES string of the molecule is C=C(CCC1CCN(C)CC1)C(C)C. The Labute approximate surface area is 89.2 Å². The second-order valence-electron chi connectivity index (χ2n) is 5.10. The monoisotopic (exact) mass is 195 g/mol. The first-order valence-corrected chi connectivity index (χ1v) is 5.95. The zero-order valence-electron chi connectivity index (χ0n) is 10.1. The van der Waals surface area contributed by atoms with Crippen LogP contribution in [0.4, 0.5) is 0 Å².